The minimum Gasteiger partial charge on any atom is -0.493 e. The number of aromatic amines is 1. The summed E-state index contributed by atoms with van der Waals surface area (Å²) in [6.45, 7) is 2.44. The van der Waals surface area contributed by atoms with Gasteiger partial charge in [0, 0.05) is 22.0 Å². The molecule has 27 heavy (non-hydrogen) atoms. The number of benzene rings is 2. The lowest BCUT2D eigenvalue weighted by molar-refractivity contribution is 0.311. The second-order valence-corrected chi connectivity index (χ2v) is 6.94. The number of methoxy groups -OCH3 is 1. The summed E-state index contributed by atoms with van der Waals surface area (Å²) < 4.78 is 17.7. The van der Waals surface area contributed by atoms with E-state index in [9.17, 15) is 4.79 Å². The highest BCUT2D eigenvalue weighted by Gasteiger charge is 2.23. The fourth-order valence-corrected chi connectivity index (χ4v) is 3.43. The van der Waals surface area contributed by atoms with Gasteiger partial charge in [-0.15, -0.1) is 0 Å². The van der Waals surface area contributed by atoms with Gasteiger partial charge in [0.15, 0.2) is 11.5 Å². The minimum absolute atomic E-state index is 0.214. The predicted molar refractivity (Wildman–Crippen MR) is 105 cm³/mol. The third kappa shape index (κ3) is 3.30. The second-order valence-electron chi connectivity index (χ2n) is 6.03. The number of aromatic nitrogens is 2. The molecule has 0 spiro atoms. The Morgan fingerprint density at radius 2 is 2.07 bits per heavy atom. The van der Waals surface area contributed by atoms with E-state index in [0.717, 1.165) is 10.0 Å². The van der Waals surface area contributed by atoms with Crippen molar-refractivity contribution in [3.05, 3.63) is 62.4 Å². The lowest BCUT2D eigenvalue weighted by atomic mass is 10.0. The van der Waals surface area contributed by atoms with Gasteiger partial charge in [-0.3, -0.25) is 4.79 Å². The van der Waals surface area contributed by atoms with Crippen LogP contribution in [0.15, 0.2) is 45.7 Å². The van der Waals surface area contributed by atoms with Crippen LogP contribution in [0.3, 0.4) is 0 Å². The van der Waals surface area contributed by atoms with E-state index in [1.54, 1.807) is 19.2 Å². The summed E-state index contributed by atoms with van der Waals surface area (Å²) in [4.78, 5) is 20.0. The first-order chi connectivity index (χ1) is 13.1. The molecule has 0 aliphatic carbocycles. The average Bonchev–Trinajstić information content (AvgIpc) is 2.67. The molecule has 0 bridgehead atoms. The molecule has 1 N–H and O–H groups in total. The van der Waals surface area contributed by atoms with Crippen molar-refractivity contribution < 1.29 is 14.2 Å². The van der Waals surface area contributed by atoms with E-state index in [1.165, 1.54) is 0 Å². The maximum Gasteiger partial charge on any atom is 0.258 e. The highest BCUT2D eigenvalue weighted by Crippen LogP contribution is 2.36. The molecule has 1 aromatic heterocycles. The molecule has 0 atom stereocenters. The first kappa shape index (κ1) is 17.6. The molecule has 0 fully saturated rings. The molecule has 6 nitrogen and oxygen atoms in total. The molecule has 7 heteroatoms. The Balaban J connectivity index is 1.75. The van der Waals surface area contributed by atoms with Gasteiger partial charge in [-0.2, -0.15) is 4.98 Å². The monoisotopic (exact) mass is 428 g/mol. The Labute approximate surface area is 164 Å². The number of nitrogens with zero attached hydrogens (tertiary/aromatic N) is 1. The van der Waals surface area contributed by atoms with Crippen LogP contribution < -0.4 is 19.8 Å². The molecule has 1 aliphatic heterocycles. The molecule has 2 heterocycles. The van der Waals surface area contributed by atoms with Crippen molar-refractivity contribution in [2.24, 2.45) is 0 Å². The Hall–Kier alpha value is -2.80. The number of ether oxygens (including phenoxy) is 3. The zero-order valence-electron chi connectivity index (χ0n) is 14.8. The van der Waals surface area contributed by atoms with Crippen molar-refractivity contribution in [2.45, 2.75) is 13.3 Å². The highest BCUT2D eigenvalue weighted by molar-refractivity contribution is 9.10. The van der Waals surface area contributed by atoms with Crippen molar-refractivity contribution in [2.75, 3.05) is 13.7 Å². The van der Waals surface area contributed by atoms with E-state index in [0.29, 0.717) is 53.1 Å². The van der Waals surface area contributed by atoms with Crippen LogP contribution in [0.5, 0.6) is 23.1 Å². The Morgan fingerprint density at radius 3 is 2.85 bits per heavy atom. The smallest absolute Gasteiger partial charge is 0.258 e. The summed E-state index contributed by atoms with van der Waals surface area (Å²) in [5.74, 6) is 2.67. The molecule has 0 amide bonds. The number of halogens is 1. The summed E-state index contributed by atoms with van der Waals surface area (Å²) in [7, 11) is 1.57. The van der Waals surface area contributed by atoms with Gasteiger partial charge in [0.1, 0.15) is 11.6 Å². The van der Waals surface area contributed by atoms with Crippen LogP contribution in [0, 0.1) is 0 Å². The van der Waals surface area contributed by atoms with Crippen LogP contribution in [-0.2, 0) is 6.42 Å². The van der Waals surface area contributed by atoms with E-state index in [2.05, 4.69) is 25.9 Å². The predicted octanol–water partition coefficient (Wildman–Crippen LogP) is 4.30. The molecule has 0 saturated heterocycles. The van der Waals surface area contributed by atoms with Gasteiger partial charge >= 0.3 is 0 Å². The zero-order chi connectivity index (χ0) is 19.0. The molecule has 3 aromatic rings. The maximum atomic E-state index is 12.6. The number of hydrogen-bond acceptors (Lipinski definition) is 5. The fourth-order valence-electron chi connectivity index (χ4n) is 3.02. The molecule has 2 aromatic carbocycles. The molecular weight excluding hydrogens is 412 g/mol. The summed E-state index contributed by atoms with van der Waals surface area (Å²) in [6, 6.07) is 11.1. The number of nitrogens with one attached hydrogen (secondary N) is 1. The third-order valence-electron chi connectivity index (χ3n) is 4.31. The summed E-state index contributed by atoms with van der Waals surface area (Å²) in [5, 5.41) is 0. The first-order valence-corrected chi connectivity index (χ1v) is 9.29. The van der Waals surface area contributed by atoms with Crippen molar-refractivity contribution >= 4 is 15.9 Å². The molecule has 4 rings (SSSR count). The van der Waals surface area contributed by atoms with Crippen LogP contribution >= 0.6 is 15.9 Å². The largest absolute Gasteiger partial charge is 0.493 e. The first-order valence-electron chi connectivity index (χ1n) is 8.49. The number of H-pyrrole nitrogens is 1. The molecule has 0 unspecified atom stereocenters. The lowest BCUT2D eigenvalue weighted by Crippen LogP contribution is -2.20. The number of rotatable bonds is 4. The standard InChI is InChI=1S/C20H17BrN2O4/c1-3-26-16-6-4-11(10-17(16)25-2)18-22-19(24)14-9-12-8-13(21)5-7-15(12)27-20(14)23-18/h4-8,10H,3,9H2,1-2H3,(H,22,23,24). The Kier molecular flexibility index (Phi) is 4.61. The van der Waals surface area contributed by atoms with E-state index >= 15 is 0 Å². The summed E-state index contributed by atoms with van der Waals surface area (Å²) >= 11 is 3.44. The quantitative estimate of drug-likeness (QED) is 0.524. The summed E-state index contributed by atoms with van der Waals surface area (Å²) in [6.07, 6.45) is 0.472. The Morgan fingerprint density at radius 1 is 1.22 bits per heavy atom. The van der Waals surface area contributed by atoms with Gasteiger partial charge in [-0.1, -0.05) is 15.9 Å². The van der Waals surface area contributed by atoms with E-state index in [4.69, 9.17) is 14.2 Å². The van der Waals surface area contributed by atoms with E-state index in [1.807, 2.05) is 31.2 Å². The van der Waals surface area contributed by atoms with Gasteiger partial charge in [-0.05, 0) is 43.3 Å². The van der Waals surface area contributed by atoms with Gasteiger partial charge in [0.25, 0.3) is 5.56 Å². The zero-order valence-corrected chi connectivity index (χ0v) is 16.4. The van der Waals surface area contributed by atoms with Crippen LogP contribution in [0.1, 0.15) is 18.1 Å². The number of hydrogen-bond donors (Lipinski definition) is 1. The Bertz CT molecular complexity index is 1080. The topological polar surface area (TPSA) is 73.4 Å². The molecule has 0 radical (unpaired) electrons. The minimum atomic E-state index is -0.214. The third-order valence-corrected chi connectivity index (χ3v) is 4.80. The molecule has 1 aliphatic rings. The van der Waals surface area contributed by atoms with E-state index < -0.39 is 0 Å². The molecule has 0 saturated carbocycles. The fraction of sp³-hybridized carbons (Fsp3) is 0.200. The van der Waals surface area contributed by atoms with Crippen molar-refractivity contribution in [1.29, 1.82) is 0 Å². The maximum absolute atomic E-state index is 12.6. The highest BCUT2D eigenvalue weighted by atomic mass is 79.9. The van der Waals surface area contributed by atoms with Crippen LogP contribution in [0.2, 0.25) is 0 Å². The normalized spacial score (nSPS) is 12.0. The van der Waals surface area contributed by atoms with Crippen molar-refractivity contribution in [1.82, 2.24) is 9.97 Å². The SMILES string of the molecule is CCOc1ccc(-c2nc3c(c(=O)[nH]2)Cc2cc(Br)ccc2O3)cc1OC. The van der Waals surface area contributed by atoms with Gasteiger partial charge < -0.3 is 19.2 Å². The molecule has 138 valence electrons. The summed E-state index contributed by atoms with van der Waals surface area (Å²) in [5.41, 5.74) is 1.95. The van der Waals surface area contributed by atoms with Crippen molar-refractivity contribution in [3.8, 4) is 34.5 Å². The number of fused-ring (bicyclic) bond motifs is 2. The average molecular weight is 429 g/mol. The van der Waals surface area contributed by atoms with Crippen molar-refractivity contribution in [3.63, 3.8) is 0 Å². The van der Waals surface area contributed by atoms with Crippen LogP contribution in [0.4, 0.5) is 0 Å². The second kappa shape index (κ2) is 7.08. The van der Waals surface area contributed by atoms with Gasteiger partial charge in [-0.25, -0.2) is 0 Å². The van der Waals surface area contributed by atoms with Gasteiger partial charge in [0.2, 0.25) is 5.88 Å². The van der Waals surface area contributed by atoms with Gasteiger partial charge in [0.05, 0.1) is 19.3 Å². The molecular formula is C20H17BrN2O4. The van der Waals surface area contributed by atoms with E-state index in [-0.39, 0.29) is 5.56 Å². The lowest BCUT2D eigenvalue weighted by Gasteiger charge is -2.19. The van der Waals surface area contributed by atoms with Crippen LogP contribution in [0.25, 0.3) is 11.4 Å². The van der Waals surface area contributed by atoms with Crippen LogP contribution in [-0.4, -0.2) is 23.7 Å².